The SMILES string of the molecule is CCn1c2ccccc2c2cc(/C=C3\CCCc4c3oc3cc(=[N+](CC)CC)ccc-3c4-c3ccccc3C(=O)O)ccc21.CCn1c2ccccc2c2cc(/C=C3\CCCc4c3oc3cc(=[N+](CC)CC)ccc-3c4-c3ccccc3C(=O)OC)ccc21.ClCCl.F[P-](F)(F)(F)(F)F.F[P-](F)(F)(F)(F)F. The van der Waals surface area contributed by atoms with Crippen molar-refractivity contribution >= 4 is 118 Å². The normalized spacial score (nSPS) is 15.0. The standard InChI is InChI=1S/C40H39N2O3.C39H36N2O3.CH2Cl2.2F6P/c1-5-41(6-2)28-20-21-32-37(25-28)45-39-27(13-12-17-33(39)38(32)30-15-8-9-16-31(30)40(43)44-4)23-26-19-22-36-34(24-26)29-14-10-11-18-35(29)42(36)7-3;1-4-40(5-2)27-19-20-31-36(24-27)44-38-26(12-11-16-32(38)37(31)29-14-7-8-15-30(29)39(42)43)22-25-18-21-35-33(23-25)28-13-9-10-17-34(28)41(35)6-3;2-1-3;2*1-7(2,3,4,5)6/h8-11,14-16,18-25H,5-7,12-13,17H2,1-4H3;7-10,13-15,17-24H,4-6,11-12,16H2,1-3H3;1H2;;/q+1;;;2*-1/p+1. The number of aryl methyl sites for hydroxylation is 2. The van der Waals surface area contributed by atoms with E-state index in [2.05, 4.69) is 193 Å². The predicted molar refractivity (Wildman–Crippen MR) is 408 cm³/mol. The second kappa shape index (κ2) is 30.2. The molecule has 0 radical (unpaired) electrons. The molecule has 4 heterocycles. The van der Waals surface area contributed by atoms with E-state index in [1.165, 1.54) is 56.3 Å². The number of nitrogens with zero attached hydrogens (tertiary/aromatic N) is 4. The van der Waals surface area contributed by atoms with Gasteiger partial charge in [-0.3, -0.25) is 0 Å². The van der Waals surface area contributed by atoms with E-state index in [1.54, 1.807) is 12.1 Å². The fraction of sp³-hybridized carbons (Fsp3) is 0.250. The van der Waals surface area contributed by atoms with Crippen LogP contribution in [-0.4, -0.2) is 64.8 Å². The van der Waals surface area contributed by atoms with Crippen LogP contribution in [0.2, 0.25) is 0 Å². The molecule has 106 heavy (non-hydrogen) atoms. The first kappa shape index (κ1) is 79.4. The molecule has 0 atom stereocenters. The van der Waals surface area contributed by atoms with Gasteiger partial charge in [0.25, 0.3) is 0 Å². The first-order chi connectivity index (χ1) is 49.9. The fourth-order valence-corrected chi connectivity index (χ4v) is 14.4. The Kier molecular flexibility index (Phi) is 22.6. The van der Waals surface area contributed by atoms with Crippen molar-refractivity contribution in [2.24, 2.45) is 0 Å². The molecule has 0 saturated carbocycles. The van der Waals surface area contributed by atoms with Gasteiger partial charge in [-0.15, -0.1) is 23.2 Å². The number of hydrogen-bond donors (Lipinski definition) is 1. The van der Waals surface area contributed by atoms with Gasteiger partial charge < -0.3 is 27.8 Å². The van der Waals surface area contributed by atoms with Crippen molar-refractivity contribution in [1.82, 2.24) is 18.3 Å². The first-order valence-corrected chi connectivity index (χ1v) is 39.6. The van der Waals surface area contributed by atoms with Gasteiger partial charge in [-0.05, 0) is 186 Å². The van der Waals surface area contributed by atoms with Gasteiger partial charge in [0.1, 0.15) is 49.2 Å². The van der Waals surface area contributed by atoms with Crippen LogP contribution in [0.4, 0.5) is 50.4 Å². The van der Waals surface area contributed by atoms with Crippen molar-refractivity contribution in [2.45, 2.75) is 93.2 Å². The molecule has 2 aliphatic heterocycles. The third-order valence-electron chi connectivity index (χ3n) is 18.6. The zero-order valence-electron chi connectivity index (χ0n) is 59.0. The quantitative estimate of drug-likeness (QED) is 0.0429. The third-order valence-corrected chi connectivity index (χ3v) is 18.6. The summed E-state index contributed by atoms with van der Waals surface area (Å²) < 4.78 is 147. The number of allylic oxidation sites excluding steroid dienone is 2. The Labute approximate surface area is 613 Å². The Morgan fingerprint density at radius 3 is 1.18 bits per heavy atom. The zero-order valence-corrected chi connectivity index (χ0v) is 62.3. The monoisotopic (exact) mass is 1550 g/mol. The van der Waals surface area contributed by atoms with Gasteiger partial charge in [0, 0.05) is 102 Å². The molecule has 562 valence electrons. The van der Waals surface area contributed by atoms with Crippen molar-refractivity contribution in [2.75, 3.05) is 38.6 Å². The number of hydrogen-bond acceptors (Lipinski definition) is 5. The third kappa shape index (κ3) is 19.1. The average molecular weight is 1550 g/mol. The van der Waals surface area contributed by atoms with Crippen molar-refractivity contribution in [3.05, 3.63) is 225 Å². The molecule has 8 aromatic rings. The first-order valence-electron chi connectivity index (χ1n) is 34.4. The van der Waals surface area contributed by atoms with E-state index in [9.17, 15) is 65.1 Å². The maximum absolute atomic E-state index is 13.0. The second-order valence-corrected chi connectivity index (χ2v) is 29.9. The Balaban J connectivity index is 0.000000186. The number of para-hydroxylation sites is 2. The summed E-state index contributed by atoms with van der Waals surface area (Å²) in [6, 6.07) is 58.8. The van der Waals surface area contributed by atoms with E-state index >= 15 is 0 Å². The molecule has 6 aromatic carbocycles. The number of methoxy groups -OCH3 is 1. The molecular formula is C80H78Cl2F12N4O6P2. The van der Waals surface area contributed by atoms with Crippen LogP contribution in [0.5, 0.6) is 0 Å². The fourth-order valence-electron chi connectivity index (χ4n) is 14.4. The van der Waals surface area contributed by atoms with Gasteiger partial charge in [-0.25, -0.2) is 18.7 Å². The summed E-state index contributed by atoms with van der Waals surface area (Å²) >= 11 is 9.53. The molecular weight excluding hydrogens is 1470 g/mol. The molecule has 0 bridgehead atoms. The molecule has 14 rings (SSSR count). The second-order valence-electron chi connectivity index (χ2n) is 25.3. The number of rotatable bonds is 12. The molecule has 2 aromatic heterocycles. The van der Waals surface area contributed by atoms with Crippen LogP contribution in [0.25, 0.3) is 112 Å². The van der Waals surface area contributed by atoms with Crippen molar-refractivity contribution in [3.63, 3.8) is 0 Å². The van der Waals surface area contributed by atoms with E-state index in [0.717, 1.165) is 173 Å². The Hall–Kier alpha value is -9.20. The van der Waals surface area contributed by atoms with Crippen LogP contribution in [0.1, 0.15) is 122 Å². The van der Waals surface area contributed by atoms with Crippen molar-refractivity contribution in [1.29, 1.82) is 0 Å². The molecule has 26 heteroatoms. The Morgan fingerprint density at radius 1 is 0.462 bits per heavy atom. The number of ether oxygens (including phenoxy) is 1. The van der Waals surface area contributed by atoms with E-state index < -0.39 is 21.6 Å². The molecule has 0 fully saturated rings. The number of esters is 1. The van der Waals surface area contributed by atoms with Crippen LogP contribution in [0.15, 0.2) is 179 Å². The maximum atomic E-state index is 13.0. The molecule has 0 unspecified atom stereocenters. The van der Waals surface area contributed by atoms with E-state index in [4.69, 9.17) is 36.8 Å². The van der Waals surface area contributed by atoms with Crippen LogP contribution >= 0.6 is 38.8 Å². The van der Waals surface area contributed by atoms with Gasteiger partial charge in [-0.1, -0.05) is 84.9 Å². The number of aromatic carboxylic acids is 1. The minimum atomic E-state index is -10.7. The van der Waals surface area contributed by atoms with E-state index in [-0.39, 0.29) is 11.3 Å². The molecule has 0 saturated heterocycles. The van der Waals surface area contributed by atoms with Gasteiger partial charge in [0.2, 0.25) is 10.7 Å². The number of carbonyl (C=O) groups excluding carboxylic acids is 1. The summed E-state index contributed by atoms with van der Waals surface area (Å²) in [5.74, 6) is 2.12. The van der Waals surface area contributed by atoms with Gasteiger partial charge >= 0.3 is 77.9 Å². The molecule has 6 aliphatic rings. The van der Waals surface area contributed by atoms with Gasteiger partial charge in [-0.2, -0.15) is 0 Å². The van der Waals surface area contributed by atoms with E-state index in [0.29, 0.717) is 11.1 Å². The molecule has 1 N–H and O–H groups in total. The van der Waals surface area contributed by atoms with Gasteiger partial charge in [0.05, 0.1) is 35.7 Å². The summed E-state index contributed by atoms with van der Waals surface area (Å²) in [5.41, 5.74) is 18.4. The number of carboxylic acids is 1. The Bertz CT molecular complexity index is 5450. The number of halogens is 14. The van der Waals surface area contributed by atoms with Crippen LogP contribution < -0.4 is 19.9 Å². The van der Waals surface area contributed by atoms with Crippen LogP contribution in [0.3, 0.4) is 0 Å². The number of benzene rings is 8. The topological polar surface area (TPSA) is 106 Å². The number of aromatic nitrogens is 2. The summed E-state index contributed by atoms with van der Waals surface area (Å²) in [7, 11) is -19.9. The number of fused-ring (bicyclic) bond motifs is 10. The number of carbonyl (C=O) groups is 2. The summed E-state index contributed by atoms with van der Waals surface area (Å²) in [5, 5.41) is 17.7. The van der Waals surface area contributed by atoms with E-state index in [1.807, 2.05) is 36.4 Å². The predicted octanol–water partition coefficient (Wildman–Crippen LogP) is 25.4. The van der Waals surface area contributed by atoms with Crippen LogP contribution in [0, 0.1) is 0 Å². The molecule has 0 spiro atoms. The zero-order chi connectivity index (χ0) is 77.0. The Morgan fingerprint density at radius 2 is 0.811 bits per heavy atom. The van der Waals surface area contributed by atoms with Crippen molar-refractivity contribution in [3.8, 4) is 44.9 Å². The van der Waals surface area contributed by atoms with Crippen LogP contribution in [-0.2, 0) is 30.7 Å². The van der Waals surface area contributed by atoms with Crippen molar-refractivity contribution < 1.29 is 78.6 Å². The number of carboxylic acid groups (broad SMARTS) is 1. The summed E-state index contributed by atoms with van der Waals surface area (Å²) in [4.78, 5) is 25.4. The molecule has 4 aliphatic carbocycles. The summed E-state index contributed by atoms with van der Waals surface area (Å²) in [6.07, 6.45) is 10.1. The molecule has 0 amide bonds. The summed E-state index contributed by atoms with van der Waals surface area (Å²) in [6.45, 7) is 18.5. The minimum absolute atomic E-state index is 0.194. The van der Waals surface area contributed by atoms with Gasteiger partial charge in [0.15, 0.2) is 0 Å². The molecule has 10 nitrogen and oxygen atoms in total. The number of alkyl halides is 2. The average Bonchev–Trinajstić information content (AvgIpc) is 0.900.